The molecule has 0 bridgehead atoms. The monoisotopic (exact) mass is 190 g/mol. The van der Waals surface area contributed by atoms with Gasteiger partial charge in [0, 0.05) is 12.7 Å². The SMILES string of the molecule is C=Cc1cnc2c(c1)CCN2C(=O)O. The zero-order valence-corrected chi connectivity index (χ0v) is 7.60. The number of amides is 1. The van der Waals surface area contributed by atoms with Gasteiger partial charge in [-0.2, -0.15) is 0 Å². The van der Waals surface area contributed by atoms with Crippen molar-refractivity contribution in [1.82, 2.24) is 4.98 Å². The molecular weight excluding hydrogens is 180 g/mol. The van der Waals surface area contributed by atoms with Gasteiger partial charge in [-0.25, -0.2) is 9.78 Å². The zero-order chi connectivity index (χ0) is 10.1. The van der Waals surface area contributed by atoms with E-state index in [1.807, 2.05) is 6.07 Å². The van der Waals surface area contributed by atoms with Crippen LogP contribution in [0.25, 0.3) is 6.08 Å². The van der Waals surface area contributed by atoms with Crippen LogP contribution in [-0.2, 0) is 6.42 Å². The Morgan fingerprint density at radius 1 is 1.71 bits per heavy atom. The second kappa shape index (κ2) is 3.14. The summed E-state index contributed by atoms with van der Waals surface area (Å²) in [7, 11) is 0. The molecule has 0 saturated heterocycles. The normalized spacial score (nSPS) is 13.9. The van der Waals surface area contributed by atoms with Crippen LogP contribution >= 0.6 is 0 Å². The Morgan fingerprint density at radius 3 is 3.14 bits per heavy atom. The Bertz CT molecular complexity index is 401. The molecule has 1 aliphatic heterocycles. The largest absolute Gasteiger partial charge is 0.465 e. The number of hydrogen-bond donors (Lipinski definition) is 1. The minimum atomic E-state index is -0.942. The summed E-state index contributed by atoms with van der Waals surface area (Å²) in [5, 5.41) is 8.85. The van der Waals surface area contributed by atoms with E-state index < -0.39 is 6.09 Å². The van der Waals surface area contributed by atoms with Crippen LogP contribution in [0.3, 0.4) is 0 Å². The van der Waals surface area contributed by atoms with Crippen LogP contribution < -0.4 is 4.90 Å². The van der Waals surface area contributed by atoms with Gasteiger partial charge in [-0.1, -0.05) is 12.7 Å². The van der Waals surface area contributed by atoms with Crippen molar-refractivity contribution in [3.63, 3.8) is 0 Å². The molecule has 2 rings (SSSR count). The average molecular weight is 190 g/mol. The van der Waals surface area contributed by atoms with E-state index in [-0.39, 0.29) is 0 Å². The molecule has 0 radical (unpaired) electrons. The lowest BCUT2D eigenvalue weighted by Gasteiger charge is -2.10. The molecule has 0 aliphatic carbocycles. The molecule has 0 atom stereocenters. The smallest absolute Gasteiger partial charge is 0.413 e. The molecule has 0 fully saturated rings. The molecule has 1 amide bonds. The van der Waals surface area contributed by atoms with Gasteiger partial charge in [-0.05, 0) is 23.6 Å². The summed E-state index contributed by atoms with van der Waals surface area (Å²) in [6, 6.07) is 1.93. The summed E-state index contributed by atoms with van der Waals surface area (Å²) in [4.78, 5) is 16.2. The molecular formula is C10H10N2O2. The number of anilines is 1. The molecule has 4 heteroatoms. The third kappa shape index (κ3) is 1.25. The second-order valence-electron chi connectivity index (χ2n) is 3.14. The van der Waals surface area contributed by atoms with Crippen LogP contribution in [0.1, 0.15) is 11.1 Å². The maximum absolute atomic E-state index is 10.8. The summed E-state index contributed by atoms with van der Waals surface area (Å²) >= 11 is 0. The topological polar surface area (TPSA) is 53.4 Å². The highest BCUT2D eigenvalue weighted by Crippen LogP contribution is 2.26. The van der Waals surface area contributed by atoms with Gasteiger partial charge in [0.1, 0.15) is 5.82 Å². The van der Waals surface area contributed by atoms with Crippen molar-refractivity contribution >= 4 is 18.0 Å². The fourth-order valence-electron chi connectivity index (χ4n) is 1.58. The minimum absolute atomic E-state index is 0.498. The van der Waals surface area contributed by atoms with Crippen LogP contribution in [0.4, 0.5) is 10.6 Å². The third-order valence-electron chi connectivity index (χ3n) is 2.29. The number of fused-ring (bicyclic) bond motifs is 1. The van der Waals surface area contributed by atoms with Gasteiger partial charge < -0.3 is 5.11 Å². The van der Waals surface area contributed by atoms with Crippen molar-refractivity contribution in [1.29, 1.82) is 0 Å². The van der Waals surface area contributed by atoms with E-state index in [1.165, 1.54) is 4.90 Å². The van der Waals surface area contributed by atoms with Gasteiger partial charge in [0.25, 0.3) is 0 Å². The van der Waals surface area contributed by atoms with E-state index in [0.29, 0.717) is 12.4 Å². The first-order valence-electron chi connectivity index (χ1n) is 4.34. The molecule has 1 aliphatic rings. The van der Waals surface area contributed by atoms with E-state index in [9.17, 15) is 4.79 Å². The van der Waals surface area contributed by atoms with Gasteiger partial charge in [0.15, 0.2) is 0 Å². The third-order valence-corrected chi connectivity index (χ3v) is 2.29. The average Bonchev–Trinajstić information content (AvgIpc) is 2.59. The fourth-order valence-corrected chi connectivity index (χ4v) is 1.58. The van der Waals surface area contributed by atoms with E-state index in [1.54, 1.807) is 12.3 Å². The maximum Gasteiger partial charge on any atom is 0.413 e. The molecule has 2 heterocycles. The van der Waals surface area contributed by atoms with Gasteiger partial charge >= 0.3 is 6.09 Å². The molecule has 0 unspecified atom stereocenters. The highest BCUT2D eigenvalue weighted by molar-refractivity contribution is 5.87. The van der Waals surface area contributed by atoms with Crippen molar-refractivity contribution in [2.75, 3.05) is 11.4 Å². The molecule has 0 aromatic carbocycles. The molecule has 0 spiro atoms. The number of pyridine rings is 1. The van der Waals surface area contributed by atoms with E-state index in [2.05, 4.69) is 11.6 Å². The van der Waals surface area contributed by atoms with E-state index in [4.69, 9.17) is 5.11 Å². The van der Waals surface area contributed by atoms with Gasteiger partial charge in [-0.3, -0.25) is 4.90 Å². The van der Waals surface area contributed by atoms with Gasteiger partial charge in [0.2, 0.25) is 0 Å². The van der Waals surface area contributed by atoms with E-state index >= 15 is 0 Å². The quantitative estimate of drug-likeness (QED) is 0.734. The molecule has 4 nitrogen and oxygen atoms in total. The standard InChI is InChI=1S/C10H10N2O2/c1-2-7-5-8-3-4-12(10(13)14)9(8)11-6-7/h2,5-6H,1,3-4H2,(H,13,14). The summed E-state index contributed by atoms with van der Waals surface area (Å²) in [5.74, 6) is 0.558. The predicted molar refractivity (Wildman–Crippen MR) is 53.4 cm³/mol. The Labute approximate surface area is 81.5 Å². The Morgan fingerprint density at radius 2 is 2.50 bits per heavy atom. The van der Waals surface area contributed by atoms with Crippen LogP contribution in [0.5, 0.6) is 0 Å². The Kier molecular flexibility index (Phi) is 1.96. The number of carboxylic acid groups (broad SMARTS) is 1. The van der Waals surface area contributed by atoms with E-state index in [0.717, 1.165) is 17.5 Å². The number of hydrogen-bond acceptors (Lipinski definition) is 2. The number of aromatic nitrogens is 1. The molecule has 1 N–H and O–H groups in total. The van der Waals surface area contributed by atoms with Crippen LogP contribution in [0, 0.1) is 0 Å². The zero-order valence-electron chi connectivity index (χ0n) is 7.60. The first-order chi connectivity index (χ1) is 6.72. The van der Waals surface area contributed by atoms with Crippen molar-refractivity contribution in [2.24, 2.45) is 0 Å². The lowest BCUT2D eigenvalue weighted by atomic mass is 10.2. The van der Waals surface area contributed by atoms with Crippen molar-refractivity contribution in [3.8, 4) is 0 Å². The highest BCUT2D eigenvalue weighted by atomic mass is 16.4. The second-order valence-corrected chi connectivity index (χ2v) is 3.14. The fraction of sp³-hybridized carbons (Fsp3) is 0.200. The summed E-state index contributed by atoms with van der Waals surface area (Å²) in [6.07, 6.45) is 3.13. The number of rotatable bonds is 1. The van der Waals surface area contributed by atoms with Gasteiger partial charge in [-0.15, -0.1) is 0 Å². The predicted octanol–water partition coefficient (Wildman–Crippen LogP) is 1.77. The van der Waals surface area contributed by atoms with Gasteiger partial charge in [0.05, 0.1) is 0 Å². The summed E-state index contributed by atoms with van der Waals surface area (Å²) < 4.78 is 0. The first-order valence-corrected chi connectivity index (χ1v) is 4.34. The lowest BCUT2D eigenvalue weighted by Crippen LogP contribution is -2.27. The highest BCUT2D eigenvalue weighted by Gasteiger charge is 2.25. The summed E-state index contributed by atoms with van der Waals surface area (Å²) in [5.41, 5.74) is 1.90. The maximum atomic E-state index is 10.8. The Hall–Kier alpha value is -1.84. The van der Waals surface area contributed by atoms with Crippen LogP contribution in [0.15, 0.2) is 18.8 Å². The van der Waals surface area contributed by atoms with Crippen molar-refractivity contribution in [3.05, 3.63) is 30.0 Å². The molecule has 14 heavy (non-hydrogen) atoms. The summed E-state index contributed by atoms with van der Waals surface area (Å²) in [6.45, 7) is 4.14. The molecule has 1 aromatic rings. The van der Waals surface area contributed by atoms with Crippen molar-refractivity contribution < 1.29 is 9.90 Å². The molecule has 0 saturated carbocycles. The van der Waals surface area contributed by atoms with Crippen LogP contribution in [0.2, 0.25) is 0 Å². The lowest BCUT2D eigenvalue weighted by molar-refractivity contribution is 0.202. The van der Waals surface area contributed by atoms with Crippen LogP contribution in [-0.4, -0.2) is 22.7 Å². The number of carbonyl (C=O) groups is 1. The molecule has 72 valence electrons. The number of nitrogens with zero attached hydrogens (tertiary/aromatic N) is 2. The first kappa shape index (κ1) is 8.74. The minimum Gasteiger partial charge on any atom is -0.465 e. The Balaban J connectivity index is 2.43. The molecule has 1 aromatic heterocycles. The van der Waals surface area contributed by atoms with Crippen molar-refractivity contribution in [2.45, 2.75) is 6.42 Å².